The summed E-state index contributed by atoms with van der Waals surface area (Å²) >= 11 is 6.01. The van der Waals surface area contributed by atoms with Gasteiger partial charge >= 0.3 is 0 Å². The second-order valence-corrected chi connectivity index (χ2v) is 6.98. The maximum Gasteiger partial charge on any atom is 0.269 e. The van der Waals surface area contributed by atoms with Crippen LogP contribution in [0.1, 0.15) is 12.5 Å². The number of ether oxygens (including phenoxy) is 1. The van der Waals surface area contributed by atoms with Crippen LogP contribution < -0.4 is 9.46 Å². The number of hydrogen-bond donors (Lipinski definition) is 1. The SMILES string of the molecule is CCOc1ccc(S(=O)(=O)Nc2ccc([N+](=O)[O-])cc2C)cc1Cl. The maximum atomic E-state index is 12.4. The zero-order chi connectivity index (χ0) is 17.9. The Morgan fingerprint density at radius 2 is 1.96 bits per heavy atom. The van der Waals surface area contributed by atoms with Crippen LogP contribution in [0.25, 0.3) is 0 Å². The van der Waals surface area contributed by atoms with Crippen molar-refractivity contribution in [1.82, 2.24) is 0 Å². The van der Waals surface area contributed by atoms with E-state index in [0.29, 0.717) is 17.9 Å². The van der Waals surface area contributed by atoms with Gasteiger partial charge in [0.15, 0.2) is 0 Å². The number of non-ortho nitro benzene ring substituents is 1. The van der Waals surface area contributed by atoms with Crippen LogP contribution >= 0.6 is 11.6 Å². The van der Waals surface area contributed by atoms with Gasteiger partial charge in [-0.1, -0.05) is 11.6 Å². The molecule has 0 heterocycles. The van der Waals surface area contributed by atoms with E-state index < -0.39 is 14.9 Å². The van der Waals surface area contributed by atoms with Crippen LogP contribution in [0.5, 0.6) is 5.75 Å². The van der Waals surface area contributed by atoms with Crippen LogP contribution in [-0.4, -0.2) is 19.9 Å². The zero-order valence-electron chi connectivity index (χ0n) is 12.9. The van der Waals surface area contributed by atoms with Crippen LogP contribution in [-0.2, 0) is 10.0 Å². The number of nitrogens with one attached hydrogen (secondary N) is 1. The summed E-state index contributed by atoms with van der Waals surface area (Å²) < 4.78 is 32.6. The fraction of sp³-hybridized carbons (Fsp3) is 0.200. The molecule has 0 radical (unpaired) electrons. The van der Waals surface area contributed by atoms with Gasteiger partial charge in [-0.3, -0.25) is 14.8 Å². The van der Waals surface area contributed by atoms with Crippen molar-refractivity contribution in [1.29, 1.82) is 0 Å². The van der Waals surface area contributed by atoms with Crippen molar-refractivity contribution in [3.05, 3.63) is 57.1 Å². The minimum Gasteiger partial charge on any atom is -0.492 e. The van der Waals surface area contributed by atoms with E-state index in [9.17, 15) is 18.5 Å². The van der Waals surface area contributed by atoms with Gasteiger partial charge in [-0.15, -0.1) is 0 Å². The number of nitro groups is 1. The standard InChI is InChI=1S/C15H15ClN2O5S/c1-3-23-15-7-5-12(9-13(15)16)24(21,22)17-14-6-4-11(18(19)20)8-10(14)2/h4-9,17H,3H2,1-2H3. The first kappa shape index (κ1) is 18.0. The number of nitrogens with zero attached hydrogens (tertiary/aromatic N) is 1. The monoisotopic (exact) mass is 370 g/mol. The van der Waals surface area contributed by atoms with Gasteiger partial charge in [0.25, 0.3) is 15.7 Å². The van der Waals surface area contributed by atoms with Crippen molar-refractivity contribution in [2.75, 3.05) is 11.3 Å². The first-order valence-electron chi connectivity index (χ1n) is 6.95. The molecule has 0 atom stereocenters. The number of rotatable bonds is 6. The van der Waals surface area contributed by atoms with Crippen LogP contribution in [0.3, 0.4) is 0 Å². The molecule has 0 aliphatic rings. The topological polar surface area (TPSA) is 98.5 Å². The molecule has 0 saturated carbocycles. The summed E-state index contributed by atoms with van der Waals surface area (Å²) in [5.41, 5.74) is 0.579. The van der Waals surface area contributed by atoms with Crippen molar-refractivity contribution in [3.8, 4) is 5.75 Å². The Morgan fingerprint density at radius 3 is 2.50 bits per heavy atom. The molecular weight excluding hydrogens is 356 g/mol. The summed E-state index contributed by atoms with van der Waals surface area (Å²) in [5.74, 6) is 0.393. The third-order valence-corrected chi connectivity index (χ3v) is 4.84. The van der Waals surface area contributed by atoms with Crippen LogP contribution in [0.15, 0.2) is 41.3 Å². The molecule has 9 heteroatoms. The number of halogens is 1. The molecule has 2 aromatic rings. The quantitative estimate of drug-likeness (QED) is 0.616. The number of aryl methyl sites for hydroxylation is 1. The molecule has 2 aromatic carbocycles. The number of anilines is 1. The summed E-state index contributed by atoms with van der Waals surface area (Å²) in [7, 11) is -3.88. The predicted molar refractivity (Wildman–Crippen MR) is 91.3 cm³/mol. The summed E-state index contributed by atoms with van der Waals surface area (Å²) in [6.07, 6.45) is 0. The van der Waals surface area contributed by atoms with E-state index in [-0.39, 0.29) is 21.3 Å². The van der Waals surface area contributed by atoms with Crippen molar-refractivity contribution in [3.63, 3.8) is 0 Å². The van der Waals surface area contributed by atoms with Crippen LogP contribution in [0.4, 0.5) is 11.4 Å². The third-order valence-electron chi connectivity index (χ3n) is 3.18. The Bertz CT molecular complexity index is 883. The molecule has 0 aliphatic carbocycles. The van der Waals surface area contributed by atoms with E-state index in [1.807, 2.05) is 0 Å². The second-order valence-electron chi connectivity index (χ2n) is 4.89. The van der Waals surface area contributed by atoms with Gasteiger partial charge in [-0.25, -0.2) is 8.42 Å². The Morgan fingerprint density at radius 1 is 1.25 bits per heavy atom. The van der Waals surface area contributed by atoms with Gasteiger partial charge in [-0.2, -0.15) is 0 Å². The average Bonchev–Trinajstić information content (AvgIpc) is 2.51. The number of benzene rings is 2. The number of nitro benzene ring substituents is 1. The molecule has 0 aromatic heterocycles. The van der Waals surface area contributed by atoms with Gasteiger partial charge < -0.3 is 4.74 Å². The highest BCUT2D eigenvalue weighted by Crippen LogP contribution is 2.29. The number of sulfonamides is 1. The van der Waals surface area contributed by atoms with Gasteiger partial charge in [0, 0.05) is 12.1 Å². The summed E-state index contributed by atoms with van der Waals surface area (Å²) in [6, 6.07) is 8.01. The molecule has 0 fully saturated rings. The highest BCUT2D eigenvalue weighted by atomic mass is 35.5. The lowest BCUT2D eigenvalue weighted by Crippen LogP contribution is -2.14. The summed E-state index contributed by atoms with van der Waals surface area (Å²) in [6.45, 7) is 3.78. The van der Waals surface area contributed by atoms with Crippen LogP contribution in [0, 0.1) is 17.0 Å². The Kier molecular flexibility index (Phi) is 5.30. The molecule has 0 spiro atoms. The highest BCUT2D eigenvalue weighted by molar-refractivity contribution is 7.92. The third kappa shape index (κ3) is 3.95. The fourth-order valence-electron chi connectivity index (χ4n) is 2.00. The summed E-state index contributed by atoms with van der Waals surface area (Å²) in [5, 5.41) is 10.9. The second kappa shape index (κ2) is 7.06. The van der Waals surface area contributed by atoms with E-state index in [1.165, 1.54) is 36.4 Å². The average molecular weight is 371 g/mol. The van der Waals surface area contributed by atoms with E-state index in [0.717, 1.165) is 0 Å². The van der Waals surface area contributed by atoms with Crippen molar-refractivity contribution in [2.24, 2.45) is 0 Å². The zero-order valence-corrected chi connectivity index (χ0v) is 14.5. The van der Waals surface area contributed by atoms with Gasteiger partial charge in [0.1, 0.15) is 5.75 Å². The molecular formula is C15H15ClN2O5S. The normalized spacial score (nSPS) is 11.1. The lowest BCUT2D eigenvalue weighted by molar-refractivity contribution is -0.384. The van der Waals surface area contributed by atoms with Gasteiger partial charge in [0.2, 0.25) is 0 Å². The molecule has 0 saturated heterocycles. The molecule has 128 valence electrons. The number of hydrogen-bond acceptors (Lipinski definition) is 5. The minimum atomic E-state index is -3.88. The molecule has 1 N–H and O–H groups in total. The van der Waals surface area contributed by atoms with Crippen LogP contribution in [0.2, 0.25) is 5.02 Å². The first-order chi connectivity index (χ1) is 11.2. The predicted octanol–water partition coefficient (Wildman–Crippen LogP) is 3.76. The summed E-state index contributed by atoms with van der Waals surface area (Å²) in [4.78, 5) is 10.2. The molecule has 0 bridgehead atoms. The lowest BCUT2D eigenvalue weighted by atomic mass is 10.2. The van der Waals surface area contributed by atoms with E-state index >= 15 is 0 Å². The molecule has 0 unspecified atom stereocenters. The van der Waals surface area contributed by atoms with Crippen molar-refractivity contribution in [2.45, 2.75) is 18.7 Å². The van der Waals surface area contributed by atoms with Crippen molar-refractivity contribution >= 4 is 33.0 Å². The van der Waals surface area contributed by atoms with E-state index in [1.54, 1.807) is 13.8 Å². The molecule has 0 aliphatic heterocycles. The Labute approximate surface area is 144 Å². The Balaban J connectivity index is 2.32. The molecule has 24 heavy (non-hydrogen) atoms. The van der Waals surface area contributed by atoms with Crippen molar-refractivity contribution < 1.29 is 18.1 Å². The van der Waals surface area contributed by atoms with Gasteiger partial charge in [-0.05, 0) is 43.7 Å². The van der Waals surface area contributed by atoms with E-state index in [2.05, 4.69) is 4.72 Å². The molecule has 2 rings (SSSR count). The lowest BCUT2D eigenvalue weighted by Gasteiger charge is -2.12. The smallest absolute Gasteiger partial charge is 0.269 e. The maximum absolute atomic E-state index is 12.4. The van der Waals surface area contributed by atoms with Gasteiger partial charge in [0.05, 0.1) is 27.1 Å². The highest BCUT2D eigenvalue weighted by Gasteiger charge is 2.18. The first-order valence-corrected chi connectivity index (χ1v) is 8.81. The Hall–Kier alpha value is -2.32. The molecule has 0 amide bonds. The molecule has 7 nitrogen and oxygen atoms in total. The fourth-order valence-corrected chi connectivity index (χ4v) is 3.46. The van der Waals surface area contributed by atoms with E-state index in [4.69, 9.17) is 16.3 Å². The largest absolute Gasteiger partial charge is 0.492 e. The minimum absolute atomic E-state index is 0.0336.